The first-order valence-corrected chi connectivity index (χ1v) is 7.58. The van der Waals surface area contributed by atoms with Gasteiger partial charge in [0.1, 0.15) is 5.01 Å². The summed E-state index contributed by atoms with van der Waals surface area (Å²) in [7, 11) is 1.70. The summed E-state index contributed by atoms with van der Waals surface area (Å²) in [6, 6.07) is 4.30. The Hall–Kier alpha value is -0.820. The van der Waals surface area contributed by atoms with E-state index in [0.29, 0.717) is 0 Å². The molecule has 0 bridgehead atoms. The molecule has 0 saturated heterocycles. The summed E-state index contributed by atoms with van der Waals surface area (Å²) in [5.74, 6) is 0. The quantitative estimate of drug-likeness (QED) is 0.793. The molecule has 0 radical (unpaired) electrons. The lowest BCUT2D eigenvalue weighted by molar-refractivity contribution is 0.199. The third-order valence-corrected chi connectivity index (χ3v) is 4.77. The minimum atomic E-state index is 0.719. The Labute approximate surface area is 115 Å². The number of rotatable bonds is 7. The van der Waals surface area contributed by atoms with Crippen molar-refractivity contribution in [3.63, 3.8) is 0 Å². The molecule has 0 saturated carbocycles. The van der Waals surface area contributed by atoms with Crippen LogP contribution < -0.4 is 5.32 Å². The fourth-order valence-corrected chi connectivity index (χ4v) is 3.28. The fraction of sp³-hybridized carbons (Fsp3) is 0.500. The minimum absolute atomic E-state index is 0.719. The number of hydrogen-bond donors (Lipinski definition) is 1. The van der Waals surface area contributed by atoms with Gasteiger partial charge in [0.25, 0.3) is 0 Å². The topological polar surface area (TPSA) is 47.0 Å². The molecule has 1 N–H and O–H groups in total. The molecule has 0 aliphatic rings. The molecule has 2 aromatic rings. The van der Waals surface area contributed by atoms with Gasteiger partial charge in [-0.2, -0.15) is 0 Å². The molecule has 2 heterocycles. The lowest BCUT2D eigenvalue weighted by Crippen LogP contribution is -2.18. The fourth-order valence-electron chi connectivity index (χ4n) is 1.48. The predicted octanol–water partition coefficient (Wildman–Crippen LogP) is 2.57. The summed E-state index contributed by atoms with van der Waals surface area (Å²) < 4.78 is 4.98. The van der Waals surface area contributed by atoms with E-state index in [0.717, 1.165) is 36.1 Å². The van der Waals surface area contributed by atoms with Crippen molar-refractivity contribution >= 4 is 22.7 Å². The first kappa shape index (κ1) is 13.6. The smallest absolute Gasteiger partial charge is 0.157 e. The van der Waals surface area contributed by atoms with Gasteiger partial charge in [0.05, 0.1) is 11.5 Å². The highest BCUT2D eigenvalue weighted by Gasteiger charge is 2.08. The van der Waals surface area contributed by atoms with Crippen molar-refractivity contribution in [3.05, 3.63) is 22.0 Å². The number of methoxy groups -OCH3 is 1. The number of nitrogens with zero attached hydrogens (tertiary/aromatic N) is 2. The summed E-state index contributed by atoms with van der Waals surface area (Å²) in [5, 5.41) is 13.7. The van der Waals surface area contributed by atoms with Gasteiger partial charge in [0, 0.05) is 25.1 Å². The molecule has 0 atom stereocenters. The van der Waals surface area contributed by atoms with Gasteiger partial charge in [-0.3, -0.25) is 0 Å². The van der Waals surface area contributed by atoms with E-state index >= 15 is 0 Å². The second-order valence-electron chi connectivity index (χ2n) is 3.79. The highest BCUT2D eigenvalue weighted by atomic mass is 32.1. The third-order valence-electron chi connectivity index (χ3n) is 2.45. The van der Waals surface area contributed by atoms with E-state index in [4.69, 9.17) is 4.74 Å². The Morgan fingerprint density at radius 3 is 2.89 bits per heavy atom. The Bertz CT molecular complexity index is 481. The average Bonchev–Trinajstić information content (AvgIpc) is 3.03. The second kappa shape index (κ2) is 6.94. The molecule has 18 heavy (non-hydrogen) atoms. The van der Waals surface area contributed by atoms with Crippen LogP contribution in [-0.4, -0.2) is 30.5 Å². The maximum Gasteiger partial charge on any atom is 0.157 e. The summed E-state index contributed by atoms with van der Waals surface area (Å²) in [6.07, 6.45) is 1.08. The van der Waals surface area contributed by atoms with Crippen molar-refractivity contribution in [1.29, 1.82) is 0 Å². The summed E-state index contributed by atoms with van der Waals surface area (Å²) in [6.45, 7) is 4.48. The van der Waals surface area contributed by atoms with Crippen molar-refractivity contribution < 1.29 is 4.74 Å². The largest absolute Gasteiger partial charge is 0.383 e. The van der Waals surface area contributed by atoms with E-state index in [1.807, 2.05) is 0 Å². The second-order valence-corrected chi connectivity index (χ2v) is 6.02. The number of hydrogen-bond acceptors (Lipinski definition) is 6. The van der Waals surface area contributed by atoms with Crippen LogP contribution in [0.25, 0.3) is 9.88 Å². The van der Waals surface area contributed by atoms with Crippen LogP contribution in [0.1, 0.15) is 16.8 Å². The monoisotopic (exact) mass is 283 g/mol. The number of thiophene rings is 1. The molecule has 0 aromatic carbocycles. The highest BCUT2D eigenvalue weighted by molar-refractivity contribution is 7.21. The van der Waals surface area contributed by atoms with E-state index in [-0.39, 0.29) is 0 Å². The van der Waals surface area contributed by atoms with Crippen molar-refractivity contribution in [2.75, 3.05) is 20.3 Å². The van der Waals surface area contributed by atoms with Crippen LogP contribution >= 0.6 is 22.7 Å². The molecule has 2 rings (SSSR count). The summed E-state index contributed by atoms with van der Waals surface area (Å²) >= 11 is 3.45. The van der Waals surface area contributed by atoms with Gasteiger partial charge in [0.2, 0.25) is 0 Å². The Balaban J connectivity index is 1.93. The average molecular weight is 283 g/mol. The van der Waals surface area contributed by atoms with Crippen LogP contribution in [0.15, 0.2) is 12.1 Å². The predicted molar refractivity (Wildman–Crippen MR) is 76.2 cm³/mol. The molecule has 0 aliphatic carbocycles. The third kappa shape index (κ3) is 3.58. The normalized spacial score (nSPS) is 11.0. The lowest BCUT2D eigenvalue weighted by Gasteiger charge is -1.99. The zero-order valence-electron chi connectivity index (χ0n) is 10.6. The van der Waals surface area contributed by atoms with Crippen LogP contribution in [0.5, 0.6) is 0 Å². The van der Waals surface area contributed by atoms with Gasteiger partial charge in [-0.15, -0.1) is 21.5 Å². The number of aromatic nitrogens is 2. The zero-order chi connectivity index (χ0) is 12.8. The van der Waals surface area contributed by atoms with Gasteiger partial charge in [-0.05, 0) is 18.6 Å². The van der Waals surface area contributed by atoms with Crippen molar-refractivity contribution in [3.8, 4) is 9.88 Å². The van der Waals surface area contributed by atoms with E-state index in [9.17, 15) is 0 Å². The van der Waals surface area contributed by atoms with Crippen molar-refractivity contribution in [2.45, 2.75) is 19.9 Å². The van der Waals surface area contributed by atoms with Gasteiger partial charge in [-0.1, -0.05) is 18.3 Å². The molecule has 98 valence electrons. The maximum atomic E-state index is 4.98. The molecule has 0 unspecified atom stereocenters. The van der Waals surface area contributed by atoms with E-state index < -0.39 is 0 Å². The van der Waals surface area contributed by atoms with Crippen LogP contribution in [0.4, 0.5) is 0 Å². The van der Waals surface area contributed by atoms with E-state index in [2.05, 4.69) is 34.6 Å². The van der Waals surface area contributed by atoms with Crippen LogP contribution in [-0.2, 0) is 17.7 Å². The minimum Gasteiger partial charge on any atom is -0.383 e. The number of nitrogens with one attached hydrogen (secondary N) is 1. The first-order valence-electron chi connectivity index (χ1n) is 5.94. The maximum absolute atomic E-state index is 4.98. The molecular weight excluding hydrogens is 266 g/mol. The number of aryl methyl sites for hydroxylation is 1. The van der Waals surface area contributed by atoms with Crippen LogP contribution in [0.3, 0.4) is 0 Å². The lowest BCUT2D eigenvalue weighted by atomic mass is 10.4. The summed E-state index contributed by atoms with van der Waals surface area (Å²) in [5.41, 5.74) is 0. The highest BCUT2D eigenvalue weighted by Crippen LogP contribution is 2.30. The Morgan fingerprint density at radius 1 is 1.28 bits per heavy atom. The van der Waals surface area contributed by atoms with Gasteiger partial charge in [-0.25, -0.2) is 0 Å². The molecule has 4 nitrogen and oxygen atoms in total. The summed E-state index contributed by atoms with van der Waals surface area (Å²) in [4.78, 5) is 2.60. The van der Waals surface area contributed by atoms with Gasteiger partial charge >= 0.3 is 0 Å². The van der Waals surface area contributed by atoms with Crippen molar-refractivity contribution in [1.82, 2.24) is 15.5 Å². The van der Waals surface area contributed by atoms with E-state index in [1.165, 1.54) is 9.75 Å². The molecular formula is C12H17N3OS2. The van der Waals surface area contributed by atoms with Gasteiger partial charge in [0.15, 0.2) is 5.01 Å². The molecule has 0 spiro atoms. The van der Waals surface area contributed by atoms with Crippen LogP contribution in [0.2, 0.25) is 0 Å². The first-order chi connectivity index (χ1) is 8.83. The molecule has 2 aromatic heterocycles. The molecule has 6 heteroatoms. The van der Waals surface area contributed by atoms with Crippen LogP contribution in [0, 0.1) is 0 Å². The zero-order valence-corrected chi connectivity index (χ0v) is 12.2. The Kier molecular flexibility index (Phi) is 5.25. The molecule has 0 fully saturated rings. The van der Waals surface area contributed by atoms with Crippen molar-refractivity contribution in [2.24, 2.45) is 0 Å². The Morgan fingerprint density at radius 2 is 2.17 bits per heavy atom. The van der Waals surface area contributed by atoms with E-state index in [1.54, 1.807) is 29.8 Å². The molecule has 0 amide bonds. The number of ether oxygens (including phenoxy) is 1. The molecule has 0 aliphatic heterocycles. The standard InChI is InChI=1S/C12H17N3OS2/c1-3-9-4-5-10(17-9)12-15-14-11(18-12)8-13-6-7-16-2/h4-5,13H,3,6-8H2,1-2H3. The SMILES string of the molecule is CCc1ccc(-c2nnc(CNCCOC)s2)s1. The van der Waals surface area contributed by atoms with Gasteiger partial charge < -0.3 is 10.1 Å².